The number of hydrogen-bond acceptors (Lipinski definition) is 1. The molecule has 0 aliphatic rings. The smallest absolute Gasteiger partial charge is 0.217 e. The summed E-state index contributed by atoms with van der Waals surface area (Å²) in [5.41, 5.74) is 0. The highest BCUT2D eigenvalue weighted by atomic mass is 16.1. The van der Waals surface area contributed by atoms with E-state index in [1.165, 1.54) is 0 Å². The summed E-state index contributed by atoms with van der Waals surface area (Å²) in [7, 11) is 0. The van der Waals surface area contributed by atoms with Crippen LogP contribution in [0.1, 0.15) is 34.1 Å². The van der Waals surface area contributed by atoms with Gasteiger partial charge in [0.2, 0.25) is 5.91 Å². The van der Waals surface area contributed by atoms with Crippen LogP contribution in [0.4, 0.5) is 0 Å². The molecular weight excluding hydrogens is 126 g/mol. The number of carbonyl (C=O) groups is 1. The summed E-state index contributed by atoms with van der Waals surface area (Å²) in [5.74, 6) is 0.636. The highest BCUT2D eigenvalue weighted by Gasteiger charge is 2.09. The van der Waals surface area contributed by atoms with Crippen LogP contribution in [0.25, 0.3) is 0 Å². The van der Waals surface area contributed by atoms with Crippen LogP contribution in [0, 0.1) is 5.92 Å². The fraction of sp³-hybridized carbons (Fsp3) is 0.875. The van der Waals surface area contributed by atoms with E-state index in [9.17, 15) is 4.79 Å². The molecule has 2 heteroatoms. The summed E-state index contributed by atoms with van der Waals surface area (Å²) >= 11 is 0. The summed E-state index contributed by atoms with van der Waals surface area (Å²) in [6.45, 7) is 7.86. The van der Waals surface area contributed by atoms with Gasteiger partial charge in [-0.2, -0.15) is 0 Å². The third-order valence-corrected chi connectivity index (χ3v) is 1.93. The van der Waals surface area contributed by atoms with Gasteiger partial charge < -0.3 is 5.32 Å². The Morgan fingerprint density at radius 1 is 1.50 bits per heavy atom. The second-order valence-electron chi connectivity index (χ2n) is 2.87. The molecule has 0 aliphatic carbocycles. The van der Waals surface area contributed by atoms with Crippen molar-refractivity contribution in [2.45, 2.75) is 40.2 Å². The monoisotopic (exact) mass is 143 g/mol. The molecular formula is C8H17NO. The van der Waals surface area contributed by atoms with E-state index in [0.717, 1.165) is 6.42 Å². The average Bonchev–Trinajstić information content (AvgIpc) is 1.85. The zero-order valence-electron chi connectivity index (χ0n) is 7.27. The first-order chi connectivity index (χ1) is 4.57. The average molecular weight is 143 g/mol. The highest BCUT2D eigenvalue weighted by Crippen LogP contribution is 2.05. The van der Waals surface area contributed by atoms with Gasteiger partial charge in [0.05, 0.1) is 0 Å². The van der Waals surface area contributed by atoms with Crippen LogP contribution in [-0.2, 0) is 4.79 Å². The topological polar surface area (TPSA) is 29.1 Å². The maximum Gasteiger partial charge on any atom is 0.217 e. The van der Waals surface area contributed by atoms with Gasteiger partial charge in [0.25, 0.3) is 0 Å². The van der Waals surface area contributed by atoms with Gasteiger partial charge in [-0.25, -0.2) is 0 Å². The lowest BCUT2D eigenvalue weighted by atomic mass is 10.0. The lowest BCUT2D eigenvalue weighted by molar-refractivity contribution is -0.119. The van der Waals surface area contributed by atoms with E-state index in [0.29, 0.717) is 12.0 Å². The third-order valence-electron chi connectivity index (χ3n) is 1.93. The van der Waals surface area contributed by atoms with Crippen LogP contribution in [0.15, 0.2) is 0 Å². The van der Waals surface area contributed by atoms with E-state index in [1.807, 2.05) is 6.92 Å². The molecule has 0 aromatic heterocycles. The van der Waals surface area contributed by atoms with E-state index in [1.54, 1.807) is 6.92 Å². The Bertz CT molecular complexity index is 112. The second-order valence-corrected chi connectivity index (χ2v) is 2.87. The quantitative estimate of drug-likeness (QED) is 0.638. The van der Waals surface area contributed by atoms with Crippen molar-refractivity contribution in [3.8, 4) is 0 Å². The number of amides is 1. The maximum absolute atomic E-state index is 10.6. The van der Waals surface area contributed by atoms with E-state index >= 15 is 0 Å². The van der Waals surface area contributed by atoms with Gasteiger partial charge in [-0.05, 0) is 12.8 Å². The summed E-state index contributed by atoms with van der Waals surface area (Å²) < 4.78 is 0. The van der Waals surface area contributed by atoms with Crippen molar-refractivity contribution in [2.75, 3.05) is 0 Å². The Morgan fingerprint density at radius 2 is 2.00 bits per heavy atom. The number of hydrogen-bond donors (Lipinski definition) is 1. The van der Waals surface area contributed by atoms with Crippen molar-refractivity contribution in [2.24, 2.45) is 5.92 Å². The molecule has 0 heterocycles. The molecule has 0 radical (unpaired) electrons. The van der Waals surface area contributed by atoms with Crippen molar-refractivity contribution in [3.63, 3.8) is 0 Å². The first-order valence-corrected chi connectivity index (χ1v) is 3.85. The van der Waals surface area contributed by atoms with Gasteiger partial charge in [0.1, 0.15) is 0 Å². The normalized spacial score (nSPS) is 16.0. The van der Waals surface area contributed by atoms with Gasteiger partial charge in [-0.1, -0.05) is 20.3 Å². The molecule has 0 unspecified atom stereocenters. The van der Waals surface area contributed by atoms with E-state index in [-0.39, 0.29) is 5.91 Å². The molecule has 0 aromatic rings. The van der Waals surface area contributed by atoms with Gasteiger partial charge in [0, 0.05) is 13.0 Å². The second kappa shape index (κ2) is 4.31. The molecule has 1 amide bonds. The predicted molar refractivity (Wildman–Crippen MR) is 42.7 cm³/mol. The molecule has 0 aromatic carbocycles. The standard InChI is InChI=1S/C8H17NO/c1-5-6(2)7(3)9-8(4)10/h6-7H,5H2,1-4H3,(H,9,10)/t6-,7-/m1/s1. The minimum absolute atomic E-state index is 0.0628. The SMILES string of the molecule is CC[C@@H](C)[C@@H](C)NC(C)=O. The molecule has 0 spiro atoms. The van der Waals surface area contributed by atoms with Gasteiger partial charge in [-0.15, -0.1) is 0 Å². The van der Waals surface area contributed by atoms with Gasteiger partial charge in [0.15, 0.2) is 0 Å². The van der Waals surface area contributed by atoms with Crippen molar-refractivity contribution >= 4 is 5.91 Å². The minimum atomic E-state index is 0.0628. The van der Waals surface area contributed by atoms with E-state index in [2.05, 4.69) is 19.2 Å². The lowest BCUT2D eigenvalue weighted by Crippen LogP contribution is -2.35. The number of nitrogens with one attached hydrogen (secondary N) is 1. The summed E-state index contributed by atoms with van der Waals surface area (Å²) in [6.07, 6.45) is 1.11. The highest BCUT2D eigenvalue weighted by molar-refractivity contribution is 5.73. The van der Waals surface area contributed by atoms with Crippen LogP contribution < -0.4 is 5.32 Å². The Balaban J connectivity index is 3.61. The predicted octanol–water partition coefficient (Wildman–Crippen LogP) is 1.56. The maximum atomic E-state index is 10.6. The molecule has 2 nitrogen and oxygen atoms in total. The summed E-state index contributed by atoms with van der Waals surface area (Å²) in [4.78, 5) is 10.6. The lowest BCUT2D eigenvalue weighted by Gasteiger charge is -2.18. The molecule has 0 saturated heterocycles. The summed E-state index contributed by atoms with van der Waals surface area (Å²) in [6, 6.07) is 0.308. The molecule has 10 heavy (non-hydrogen) atoms. The fourth-order valence-electron chi connectivity index (χ4n) is 0.816. The van der Waals surface area contributed by atoms with Crippen LogP contribution in [0.5, 0.6) is 0 Å². The van der Waals surface area contributed by atoms with Crippen LogP contribution in [0.3, 0.4) is 0 Å². The van der Waals surface area contributed by atoms with Crippen LogP contribution in [0.2, 0.25) is 0 Å². The van der Waals surface area contributed by atoms with Gasteiger partial charge >= 0.3 is 0 Å². The van der Waals surface area contributed by atoms with Crippen molar-refractivity contribution < 1.29 is 4.79 Å². The minimum Gasteiger partial charge on any atom is -0.354 e. The molecule has 0 fully saturated rings. The van der Waals surface area contributed by atoms with Crippen molar-refractivity contribution in [1.82, 2.24) is 5.32 Å². The first kappa shape index (κ1) is 9.47. The fourth-order valence-corrected chi connectivity index (χ4v) is 0.816. The van der Waals surface area contributed by atoms with E-state index in [4.69, 9.17) is 0 Å². The van der Waals surface area contributed by atoms with E-state index < -0.39 is 0 Å². The largest absolute Gasteiger partial charge is 0.354 e. The third kappa shape index (κ3) is 3.49. The molecule has 0 saturated carbocycles. The Labute approximate surface area is 63.0 Å². The number of carbonyl (C=O) groups excluding carboxylic acids is 1. The van der Waals surface area contributed by atoms with Gasteiger partial charge in [-0.3, -0.25) is 4.79 Å². The zero-order valence-corrected chi connectivity index (χ0v) is 7.27. The Hall–Kier alpha value is -0.530. The molecule has 0 bridgehead atoms. The first-order valence-electron chi connectivity index (χ1n) is 3.85. The Kier molecular flexibility index (Phi) is 4.08. The number of rotatable bonds is 3. The molecule has 0 rings (SSSR count). The van der Waals surface area contributed by atoms with Crippen LogP contribution in [-0.4, -0.2) is 11.9 Å². The van der Waals surface area contributed by atoms with Crippen LogP contribution >= 0.6 is 0 Å². The zero-order chi connectivity index (χ0) is 8.15. The molecule has 1 N–H and O–H groups in total. The Morgan fingerprint density at radius 3 is 2.30 bits per heavy atom. The molecule has 0 aliphatic heterocycles. The molecule has 60 valence electrons. The van der Waals surface area contributed by atoms with Crippen molar-refractivity contribution in [3.05, 3.63) is 0 Å². The van der Waals surface area contributed by atoms with Crippen molar-refractivity contribution in [1.29, 1.82) is 0 Å². The summed E-state index contributed by atoms with van der Waals surface area (Å²) in [5, 5.41) is 2.85. The molecule has 2 atom stereocenters.